The molecule has 2 aromatic heterocycles. The van der Waals surface area contributed by atoms with Gasteiger partial charge in [0.1, 0.15) is 5.65 Å². The van der Waals surface area contributed by atoms with Crippen molar-refractivity contribution in [3.8, 4) is 11.3 Å². The number of carbonyl (C=O) groups excluding carboxylic acids is 1. The van der Waals surface area contributed by atoms with Gasteiger partial charge in [-0.3, -0.25) is 4.79 Å². The van der Waals surface area contributed by atoms with Gasteiger partial charge in [0, 0.05) is 24.0 Å². The maximum atomic E-state index is 13.5. The molecule has 0 bridgehead atoms. The second-order valence-electron chi connectivity index (χ2n) is 8.24. The number of pyridine rings is 1. The number of benzene rings is 2. The van der Waals surface area contributed by atoms with E-state index >= 15 is 0 Å². The molecule has 4 aromatic rings. The van der Waals surface area contributed by atoms with Gasteiger partial charge < -0.3 is 9.30 Å². The lowest BCUT2D eigenvalue weighted by Gasteiger charge is -2.22. The van der Waals surface area contributed by atoms with Gasteiger partial charge in [0.15, 0.2) is 0 Å². The van der Waals surface area contributed by atoms with Gasteiger partial charge in [-0.15, -0.1) is 0 Å². The molecule has 2 aromatic carbocycles. The first kappa shape index (κ1) is 20.9. The van der Waals surface area contributed by atoms with E-state index in [-0.39, 0.29) is 12.3 Å². The molecule has 4 heteroatoms. The van der Waals surface area contributed by atoms with Crippen LogP contribution in [0.5, 0.6) is 0 Å². The van der Waals surface area contributed by atoms with Crippen LogP contribution in [0.1, 0.15) is 34.9 Å². The maximum absolute atomic E-state index is 13.5. The number of aromatic nitrogens is 2. The normalized spacial score (nSPS) is 11.1. The minimum atomic E-state index is 0.0708. The molecule has 4 rings (SSSR count). The summed E-state index contributed by atoms with van der Waals surface area (Å²) >= 11 is 0. The molecule has 0 saturated carbocycles. The molecule has 0 spiro atoms. The van der Waals surface area contributed by atoms with Crippen LogP contribution in [-0.4, -0.2) is 21.8 Å². The number of nitrogens with zero attached hydrogens (tertiary/aromatic N) is 3. The predicted octanol–water partition coefficient (Wildman–Crippen LogP) is 5.83. The van der Waals surface area contributed by atoms with Crippen LogP contribution in [0.15, 0.2) is 60.8 Å². The number of hydrogen-bond donors (Lipinski definition) is 0. The van der Waals surface area contributed by atoms with E-state index in [4.69, 9.17) is 4.98 Å². The third-order valence-corrected chi connectivity index (χ3v) is 5.97. The third kappa shape index (κ3) is 3.98. The number of likely N-dealkylation sites (N-methyl/N-ethyl adjacent to an activating group) is 1. The van der Waals surface area contributed by atoms with E-state index < -0.39 is 0 Å². The highest BCUT2D eigenvalue weighted by Gasteiger charge is 2.22. The number of fused-ring (bicyclic) bond motifs is 1. The molecule has 4 nitrogen and oxygen atoms in total. The summed E-state index contributed by atoms with van der Waals surface area (Å²) in [5.74, 6) is 0.0708. The molecule has 1 amide bonds. The fourth-order valence-corrected chi connectivity index (χ4v) is 4.08. The Morgan fingerprint density at radius 3 is 2.45 bits per heavy atom. The second kappa shape index (κ2) is 8.38. The SMILES string of the molecule is CCN(C(=O)Cc1c(-c2ccc(C)c(C)c2)nc2c(C)cccn12)c1cccc(C)c1. The van der Waals surface area contributed by atoms with Crippen molar-refractivity contribution in [2.24, 2.45) is 0 Å². The molecule has 0 radical (unpaired) electrons. The van der Waals surface area contributed by atoms with Crippen molar-refractivity contribution < 1.29 is 4.79 Å². The topological polar surface area (TPSA) is 37.6 Å². The molecule has 0 atom stereocenters. The number of carbonyl (C=O) groups is 1. The molecule has 0 aliphatic heterocycles. The Morgan fingerprint density at radius 2 is 1.74 bits per heavy atom. The smallest absolute Gasteiger partial charge is 0.233 e. The van der Waals surface area contributed by atoms with Gasteiger partial charge in [-0.2, -0.15) is 0 Å². The summed E-state index contributed by atoms with van der Waals surface area (Å²) in [5, 5.41) is 0. The van der Waals surface area contributed by atoms with Crippen LogP contribution in [0, 0.1) is 27.7 Å². The lowest BCUT2D eigenvalue weighted by Crippen LogP contribution is -2.32. The zero-order chi connectivity index (χ0) is 22.1. The van der Waals surface area contributed by atoms with Gasteiger partial charge in [-0.05, 0) is 81.1 Å². The van der Waals surface area contributed by atoms with E-state index in [1.54, 1.807) is 0 Å². The zero-order valence-electron chi connectivity index (χ0n) is 18.9. The molecule has 31 heavy (non-hydrogen) atoms. The molecule has 2 heterocycles. The minimum Gasteiger partial charge on any atom is -0.312 e. The Hall–Kier alpha value is -3.40. The lowest BCUT2D eigenvalue weighted by molar-refractivity contribution is -0.118. The van der Waals surface area contributed by atoms with Crippen molar-refractivity contribution in [3.63, 3.8) is 0 Å². The number of anilines is 1. The first-order valence-corrected chi connectivity index (χ1v) is 10.8. The fourth-order valence-electron chi connectivity index (χ4n) is 4.08. The second-order valence-corrected chi connectivity index (χ2v) is 8.24. The van der Waals surface area contributed by atoms with E-state index in [9.17, 15) is 4.79 Å². The Bertz CT molecular complexity index is 1270. The highest BCUT2D eigenvalue weighted by molar-refractivity contribution is 5.95. The molecule has 0 aliphatic carbocycles. The van der Waals surface area contributed by atoms with Crippen LogP contribution in [0.2, 0.25) is 0 Å². The summed E-state index contributed by atoms with van der Waals surface area (Å²) in [7, 11) is 0. The zero-order valence-corrected chi connectivity index (χ0v) is 18.9. The predicted molar refractivity (Wildman–Crippen MR) is 128 cm³/mol. The van der Waals surface area contributed by atoms with Gasteiger partial charge >= 0.3 is 0 Å². The van der Waals surface area contributed by atoms with E-state index in [0.717, 1.165) is 39.4 Å². The standard InChI is InChI=1S/C27H29N3O/c1-6-29(23-11-7-9-18(2)15-23)25(31)17-24-26(22-13-12-19(3)21(5)16-22)28-27-20(4)10-8-14-30(24)27/h7-16H,6,17H2,1-5H3. The van der Waals surface area contributed by atoms with Crippen LogP contribution < -0.4 is 4.90 Å². The monoisotopic (exact) mass is 411 g/mol. The first-order valence-electron chi connectivity index (χ1n) is 10.8. The van der Waals surface area contributed by atoms with E-state index in [1.165, 1.54) is 11.1 Å². The Kier molecular flexibility index (Phi) is 5.64. The van der Waals surface area contributed by atoms with Crippen molar-refractivity contribution in [2.75, 3.05) is 11.4 Å². The Labute approximate surface area is 184 Å². The van der Waals surface area contributed by atoms with Gasteiger partial charge in [0.2, 0.25) is 5.91 Å². The van der Waals surface area contributed by atoms with E-state index in [0.29, 0.717) is 6.54 Å². The number of hydrogen-bond acceptors (Lipinski definition) is 2. The fraction of sp³-hybridized carbons (Fsp3) is 0.259. The first-order chi connectivity index (χ1) is 14.9. The summed E-state index contributed by atoms with van der Waals surface area (Å²) in [4.78, 5) is 20.3. The Morgan fingerprint density at radius 1 is 0.935 bits per heavy atom. The van der Waals surface area contributed by atoms with Gasteiger partial charge in [-0.25, -0.2) is 4.98 Å². The summed E-state index contributed by atoms with van der Waals surface area (Å²) in [6, 6.07) is 18.6. The van der Waals surface area contributed by atoms with Crippen molar-refractivity contribution in [2.45, 2.75) is 41.0 Å². The van der Waals surface area contributed by atoms with E-state index in [1.807, 2.05) is 49.2 Å². The molecular weight excluding hydrogens is 382 g/mol. The molecule has 158 valence electrons. The summed E-state index contributed by atoms with van der Waals surface area (Å²) in [6.45, 7) is 11.0. The summed E-state index contributed by atoms with van der Waals surface area (Å²) in [5.41, 5.74) is 9.40. The van der Waals surface area contributed by atoms with Crippen LogP contribution in [0.3, 0.4) is 0 Å². The molecule has 0 N–H and O–H groups in total. The maximum Gasteiger partial charge on any atom is 0.233 e. The van der Waals surface area contributed by atoms with Crippen LogP contribution >= 0.6 is 0 Å². The van der Waals surface area contributed by atoms with Gasteiger partial charge in [0.25, 0.3) is 0 Å². The van der Waals surface area contributed by atoms with Crippen molar-refractivity contribution in [1.82, 2.24) is 9.38 Å². The van der Waals surface area contributed by atoms with Crippen LogP contribution in [0.25, 0.3) is 16.9 Å². The van der Waals surface area contributed by atoms with Gasteiger partial charge in [0.05, 0.1) is 17.8 Å². The average Bonchev–Trinajstić information content (AvgIpc) is 3.10. The molecule has 0 unspecified atom stereocenters. The van der Waals surface area contributed by atoms with Crippen LogP contribution in [-0.2, 0) is 11.2 Å². The third-order valence-electron chi connectivity index (χ3n) is 5.97. The van der Waals surface area contributed by atoms with Crippen molar-refractivity contribution >= 4 is 17.2 Å². The Balaban J connectivity index is 1.81. The van der Waals surface area contributed by atoms with Crippen molar-refractivity contribution in [1.29, 1.82) is 0 Å². The molecule has 0 aliphatic rings. The largest absolute Gasteiger partial charge is 0.312 e. The lowest BCUT2D eigenvalue weighted by atomic mass is 10.0. The van der Waals surface area contributed by atoms with Crippen LogP contribution in [0.4, 0.5) is 5.69 Å². The van der Waals surface area contributed by atoms with Gasteiger partial charge in [-0.1, -0.05) is 30.3 Å². The highest BCUT2D eigenvalue weighted by Crippen LogP contribution is 2.29. The number of rotatable bonds is 5. The van der Waals surface area contributed by atoms with Crippen molar-refractivity contribution in [3.05, 3.63) is 88.7 Å². The summed E-state index contributed by atoms with van der Waals surface area (Å²) < 4.78 is 2.07. The molecule has 0 saturated heterocycles. The molecular formula is C27H29N3O. The van der Waals surface area contributed by atoms with E-state index in [2.05, 4.69) is 55.5 Å². The average molecular weight is 412 g/mol. The minimum absolute atomic E-state index is 0.0708. The highest BCUT2D eigenvalue weighted by atomic mass is 16.2. The number of amides is 1. The number of aryl methyl sites for hydroxylation is 4. The molecule has 0 fully saturated rings. The number of imidazole rings is 1. The quantitative estimate of drug-likeness (QED) is 0.414. The summed E-state index contributed by atoms with van der Waals surface area (Å²) in [6.07, 6.45) is 2.29.